The molecule has 0 heterocycles. The number of aryl methyl sites for hydroxylation is 1. The molecule has 5 nitrogen and oxygen atoms in total. The molecule has 146 valence electrons. The van der Waals surface area contributed by atoms with Crippen molar-refractivity contribution in [2.75, 3.05) is 18.4 Å². The fourth-order valence-electron chi connectivity index (χ4n) is 2.60. The minimum atomic E-state index is -3.55. The largest absolute Gasteiger partial charge is 0.326 e. The number of benzene rings is 2. The lowest BCUT2D eigenvalue weighted by Gasteiger charge is -2.18. The molecule has 2 rings (SSSR count). The Morgan fingerprint density at radius 3 is 2.19 bits per heavy atom. The third-order valence-electron chi connectivity index (χ3n) is 4.11. The van der Waals surface area contributed by atoms with Gasteiger partial charge in [-0.2, -0.15) is 4.31 Å². The summed E-state index contributed by atoms with van der Waals surface area (Å²) in [6.07, 6.45) is 0.349. The Balaban J connectivity index is 1.97. The number of sulfonamides is 1. The molecule has 0 spiro atoms. The van der Waals surface area contributed by atoms with Gasteiger partial charge in [-0.3, -0.25) is 4.79 Å². The highest BCUT2D eigenvalue weighted by atomic mass is 32.2. The van der Waals surface area contributed by atoms with Gasteiger partial charge in [0.15, 0.2) is 11.6 Å². The van der Waals surface area contributed by atoms with Crippen LogP contribution in [0.5, 0.6) is 0 Å². The first-order valence-corrected chi connectivity index (χ1v) is 10.1. The van der Waals surface area contributed by atoms with Crippen molar-refractivity contribution in [1.82, 2.24) is 4.31 Å². The molecular formula is C19H22F2N2O3S. The summed E-state index contributed by atoms with van der Waals surface area (Å²) in [5, 5.41) is 2.66. The highest BCUT2D eigenvalue weighted by molar-refractivity contribution is 7.89. The number of nitrogens with zero attached hydrogens (tertiary/aromatic N) is 1. The third-order valence-corrected chi connectivity index (χ3v) is 6.17. The molecule has 8 heteroatoms. The first kappa shape index (κ1) is 21.0. The first-order valence-electron chi connectivity index (χ1n) is 8.62. The van der Waals surface area contributed by atoms with Crippen molar-refractivity contribution < 1.29 is 22.0 Å². The van der Waals surface area contributed by atoms with E-state index in [-0.39, 0.29) is 23.6 Å². The van der Waals surface area contributed by atoms with Gasteiger partial charge in [0.05, 0.1) is 4.90 Å². The molecule has 27 heavy (non-hydrogen) atoms. The lowest BCUT2D eigenvalue weighted by molar-refractivity contribution is -0.116. The van der Waals surface area contributed by atoms with E-state index in [1.165, 1.54) is 34.6 Å². The molecule has 0 aromatic heterocycles. The van der Waals surface area contributed by atoms with Crippen molar-refractivity contribution in [2.45, 2.75) is 31.6 Å². The van der Waals surface area contributed by atoms with E-state index in [1.807, 2.05) is 0 Å². The maximum atomic E-state index is 13.2. The smallest absolute Gasteiger partial charge is 0.243 e. The Kier molecular flexibility index (Phi) is 7.04. The van der Waals surface area contributed by atoms with Crippen molar-refractivity contribution in [1.29, 1.82) is 0 Å². The lowest BCUT2D eigenvalue weighted by Crippen LogP contribution is -2.30. The first-order chi connectivity index (χ1) is 12.8. The van der Waals surface area contributed by atoms with Gasteiger partial charge in [-0.25, -0.2) is 17.2 Å². The van der Waals surface area contributed by atoms with Crippen LogP contribution in [0.1, 0.15) is 25.8 Å². The quantitative estimate of drug-likeness (QED) is 0.742. The number of rotatable bonds is 8. The molecule has 0 bridgehead atoms. The summed E-state index contributed by atoms with van der Waals surface area (Å²) in [5.74, 6) is -2.18. The summed E-state index contributed by atoms with van der Waals surface area (Å²) in [6.45, 7) is 4.29. The Morgan fingerprint density at radius 1 is 1.00 bits per heavy atom. The minimum absolute atomic E-state index is 0.0879. The summed E-state index contributed by atoms with van der Waals surface area (Å²) >= 11 is 0. The summed E-state index contributed by atoms with van der Waals surface area (Å²) in [7, 11) is -3.55. The molecule has 1 N–H and O–H groups in total. The molecule has 0 saturated carbocycles. The van der Waals surface area contributed by atoms with Crippen molar-refractivity contribution in [2.24, 2.45) is 0 Å². The maximum absolute atomic E-state index is 13.2. The summed E-state index contributed by atoms with van der Waals surface area (Å²) in [5.41, 5.74) is 0.980. The third kappa shape index (κ3) is 5.33. The number of hydrogen-bond donors (Lipinski definition) is 1. The molecule has 0 aliphatic carbocycles. The average molecular weight is 396 g/mol. The molecule has 0 unspecified atom stereocenters. The average Bonchev–Trinajstić information content (AvgIpc) is 2.64. The van der Waals surface area contributed by atoms with E-state index in [1.54, 1.807) is 13.8 Å². The maximum Gasteiger partial charge on any atom is 0.243 e. The number of carbonyl (C=O) groups excluding carboxylic acids is 1. The van der Waals surface area contributed by atoms with Crippen molar-refractivity contribution in [3.05, 3.63) is 59.7 Å². The molecule has 0 aliphatic rings. The number of amides is 1. The van der Waals surface area contributed by atoms with Crippen molar-refractivity contribution in [3.63, 3.8) is 0 Å². The molecule has 0 aliphatic heterocycles. The van der Waals surface area contributed by atoms with Crippen LogP contribution in [0.15, 0.2) is 47.4 Å². The topological polar surface area (TPSA) is 66.5 Å². The van der Waals surface area contributed by atoms with Gasteiger partial charge < -0.3 is 5.32 Å². The van der Waals surface area contributed by atoms with Crippen LogP contribution in [0.2, 0.25) is 0 Å². The van der Waals surface area contributed by atoms with E-state index in [0.29, 0.717) is 24.3 Å². The van der Waals surface area contributed by atoms with Crippen LogP contribution in [0, 0.1) is 11.6 Å². The molecular weight excluding hydrogens is 374 g/mol. The minimum Gasteiger partial charge on any atom is -0.326 e. The summed E-state index contributed by atoms with van der Waals surface area (Å²) < 4.78 is 52.3. The normalized spacial score (nSPS) is 11.6. The second-order valence-corrected chi connectivity index (χ2v) is 7.85. The summed E-state index contributed by atoms with van der Waals surface area (Å²) in [4.78, 5) is 12.2. The van der Waals surface area contributed by atoms with Gasteiger partial charge in [-0.1, -0.05) is 19.9 Å². The van der Waals surface area contributed by atoms with E-state index in [9.17, 15) is 22.0 Å². The molecule has 2 aromatic carbocycles. The lowest BCUT2D eigenvalue weighted by atomic mass is 10.1. The van der Waals surface area contributed by atoms with Gasteiger partial charge in [0, 0.05) is 25.2 Å². The van der Waals surface area contributed by atoms with Gasteiger partial charge in [-0.05, 0) is 48.4 Å². The molecule has 1 amide bonds. The van der Waals surface area contributed by atoms with Crippen LogP contribution in [-0.2, 0) is 21.2 Å². The summed E-state index contributed by atoms with van der Waals surface area (Å²) in [6, 6.07) is 9.45. The van der Waals surface area contributed by atoms with Crippen LogP contribution >= 0.6 is 0 Å². The predicted molar refractivity (Wildman–Crippen MR) is 99.9 cm³/mol. The number of hydrogen-bond acceptors (Lipinski definition) is 3. The van der Waals surface area contributed by atoms with Crippen molar-refractivity contribution >= 4 is 21.6 Å². The Morgan fingerprint density at radius 2 is 1.63 bits per heavy atom. The Bertz CT molecular complexity index is 896. The fourth-order valence-corrected chi connectivity index (χ4v) is 4.06. The molecule has 0 saturated heterocycles. The number of halogens is 2. The van der Waals surface area contributed by atoms with Gasteiger partial charge in [0.25, 0.3) is 0 Å². The van der Waals surface area contributed by atoms with Crippen LogP contribution in [0.25, 0.3) is 0 Å². The van der Waals surface area contributed by atoms with Crippen LogP contribution in [-0.4, -0.2) is 31.7 Å². The molecule has 0 radical (unpaired) electrons. The number of carbonyl (C=O) groups is 1. The van der Waals surface area contributed by atoms with Crippen LogP contribution in [0.3, 0.4) is 0 Å². The van der Waals surface area contributed by atoms with Crippen LogP contribution in [0.4, 0.5) is 14.5 Å². The zero-order valence-electron chi connectivity index (χ0n) is 15.2. The SMILES string of the molecule is CCN(CC)S(=O)(=O)c1ccc(NC(=O)CCc2ccc(F)c(F)c2)cc1. The van der Waals surface area contributed by atoms with Gasteiger partial charge in [0.2, 0.25) is 15.9 Å². The highest BCUT2D eigenvalue weighted by Gasteiger charge is 2.21. The van der Waals surface area contributed by atoms with Crippen molar-refractivity contribution in [3.8, 4) is 0 Å². The van der Waals surface area contributed by atoms with Crippen LogP contribution < -0.4 is 5.32 Å². The second-order valence-electron chi connectivity index (χ2n) is 5.91. The standard InChI is InChI=1S/C19H22F2N2O3S/c1-3-23(4-2)27(25,26)16-9-7-15(8-10-16)22-19(24)12-6-14-5-11-17(20)18(21)13-14/h5,7-11,13H,3-4,6,12H2,1-2H3,(H,22,24). The monoisotopic (exact) mass is 396 g/mol. The molecule has 0 fully saturated rings. The van der Waals surface area contributed by atoms with Gasteiger partial charge in [0.1, 0.15) is 0 Å². The Hall–Kier alpha value is -2.32. The zero-order chi connectivity index (χ0) is 20.0. The predicted octanol–water partition coefficient (Wildman–Crippen LogP) is 3.57. The number of nitrogens with one attached hydrogen (secondary N) is 1. The zero-order valence-corrected chi connectivity index (χ0v) is 16.0. The highest BCUT2D eigenvalue weighted by Crippen LogP contribution is 2.18. The van der Waals surface area contributed by atoms with E-state index in [4.69, 9.17) is 0 Å². The van der Waals surface area contributed by atoms with Gasteiger partial charge in [-0.15, -0.1) is 0 Å². The fraction of sp³-hybridized carbons (Fsp3) is 0.316. The number of anilines is 1. The molecule has 2 aromatic rings. The van der Waals surface area contributed by atoms with E-state index >= 15 is 0 Å². The second kappa shape index (κ2) is 9.05. The molecule has 0 atom stereocenters. The van der Waals surface area contributed by atoms with E-state index in [2.05, 4.69) is 5.32 Å². The van der Waals surface area contributed by atoms with Gasteiger partial charge >= 0.3 is 0 Å². The van der Waals surface area contributed by atoms with E-state index < -0.39 is 21.7 Å². The van der Waals surface area contributed by atoms with E-state index in [0.717, 1.165) is 12.1 Å². The Labute approximate surface area is 158 Å².